The van der Waals surface area contributed by atoms with Gasteiger partial charge in [-0.05, 0) is 64.3 Å². The molecule has 1 aromatic rings. The van der Waals surface area contributed by atoms with E-state index in [2.05, 4.69) is 18.7 Å². The molecule has 1 heterocycles. The molecule has 1 aromatic carbocycles. The van der Waals surface area contributed by atoms with Crippen molar-refractivity contribution in [2.24, 2.45) is 0 Å². The van der Waals surface area contributed by atoms with Gasteiger partial charge in [-0.2, -0.15) is 0 Å². The lowest BCUT2D eigenvalue weighted by molar-refractivity contribution is 0.0203. The maximum absolute atomic E-state index is 11.0. The normalized spacial score (nSPS) is 24.6. The van der Waals surface area contributed by atoms with Crippen LogP contribution in [0.25, 0.3) is 0 Å². The Morgan fingerprint density at radius 2 is 1.90 bits per heavy atom. The van der Waals surface area contributed by atoms with E-state index in [9.17, 15) is 5.11 Å². The molecule has 1 aliphatic rings. The van der Waals surface area contributed by atoms with E-state index in [1.807, 2.05) is 31.2 Å². The van der Waals surface area contributed by atoms with Gasteiger partial charge in [0.1, 0.15) is 5.75 Å². The van der Waals surface area contributed by atoms with E-state index in [-0.39, 0.29) is 0 Å². The lowest BCUT2D eigenvalue weighted by Crippen LogP contribution is -2.33. The van der Waals surface area contributed by atoms with Gasteiger partial charge in [0.15, 0.2) is 0 Å². The second kappa shape index (κ2) is 6.59. The lowest BCUT2D eigenvalue weighted by Gasteiger charge is -2.28. The van der Waals surface area contributed by atoms with Crippen LogP contribution in [0.3, 0.4) is 0 Å². The number of aliphatic hydroxyl groups is 1. The molecule has 1 unspecified atom stereocenters. The standard InChI is InChI=1S/C17H27NO2/c1-4-20-16-8-6-15(7-9-16)17(19)10-5-12-18(13-11-17)14(2)3/h6-9,14,19H,4-5,10-13H2,1-3H3. The first-order valence-corrected chi connectivity index (χ1v) is 7.75. The molecular formula is C17H27NO2. The Kier molecular flexibility index (Phi) is 5.06. The largest absolute Gasteiger partial charge is 0.494 e. The maximum Gasteiger partial charge on any atom is 0.119 e. The molecule has 0 spiro atoms. The second-order valence-corrected chi connectivity index (χ2v) is 5.97. The van der Waals surface area contributed by atoms with Gasteiger partial charge < -0.3 is 14.7 Å². The first-order valence-electron chi connectivity index (χ1n) is 7.75. The minimum absolute atomic E-state index is 0.553. The van der Waals surface area contributed by atoms with Gasteiger partial charge in [-0.1, -0.05) is 12.1 Å². The Balaban J connectivity index is 2.09. The Hall–Kier alpha value is -1.06. The molecule has 112 valence electrons. The number of hydrogen-bond donors (Lipinski definition) is 1. The molecule has 0 amide bonds. The van der Waals surface area contributed by atoms with Crippen LogP contribution in [0.4, 0.5) is 0 Å². The minimum Gasteiger partial charge on any atom is -0.494 e. The summed E-state index contributed by atoms with van der Waals surface area (Å²) < 4.78 is 5.46. The summed E-state index contributed by atoms with van der Waals surface area (Å²) in [6.07, 6.45) is 2.69. The number of benzene rings is 1. The molecule has 3 nitrogen and oxygen atoms in total. The second-order valence-electron chi connectivity index (χ2n) is 5.97. The summed E-state index contributed by atoms with van der Waals surface area (Å²) >= 11 is 0. The molecule has 0 saturated carbocycles. The first-order chi connectivity index (χ1) is 9.55. The summed E-state index contributed by atoms with van der Waals surface area (Å²) in [5, 5.41) is 11.0. The van der Waals surface area contributed by atoms with Crippen molar-refractivity contribution in [3.63, 3.8) is 0 Å². The van der Waals surface area contributed by atoms with Crippen molar-refractivity contribution >= 4 is 0 Å². The van der Waals surface area contributed by atoms with Crippen molar-refractivity contribution < 1.29 is 9.84 Å². The topological polar surface area (TPSA) is 32.7 Å². The fourth-order valence-electron chi connectivity index (χ4n) is 2.97. The predicted molar refractivity (Wildman–Crippen MR) is 82.1 cm³/mol. The van der Waals surface area contributed by atoms with Gasteiger partial charge in [0, 0.05) is 12.6 Å². The molecule has 0 aromatic heterocycles. The molecule has 1 aliphatic heterocycles. The van der Waals surface area contributed by atoms with Gasteiger partial charge in [0.25, 0.3) is 0 Å². The van der Waals surface area contributed by atoms with E-state index in [1.165, 1.54) is 0 Å². The number of rotatable bonds is 4. The lowest BCUT2D eigenvalue weighted by atomic mass is 9.87. The van der Waals surface area contributed by atoms with E-state index in [1.54, 1.807) is 0 Å². The minimum atomic E-state index is -0.686. The third-order valence-corrected chi connectivity index (χ3v) is 4.28. The van der Waals surface area contributed by atoms with Crippen molar-refractivity contribution in [1.29, 1.82) is 0 Å². The number of hydrogen-bond acceptors (Lipinski definition) is 3. The van der Waals surface area contributed by atoms with Crippen molar-refractivity contribution in [2.75, 3.05) is 19.7 Å². The van der Waals surface area contributed by atoms with Crippen LogP contribution in [-0.2, 0) is 5.60 Å². The molecule has 1 N–H and O–H groups in total. The average molecular weight is 277 g/mol. The molecule has 2 rings (SSSR count). The Morgan fingerprint density at radius 3 is 2.50 bits per heavy atom. The summed E-state index contributed by atoms with van der Waals surface area (Å²) in [6.45, 7) is 9.14. The van der Waals surface area contributed by atoms with Crippen LogP contribution < -0.4 is 4.74 Å². The Bertz CT molecular complexity index is 416. The Labute approximate surface area is 122 Å². The highest BCUT2D eigenvalue weighted by molar-refractivity contribution is 5.31. The first kappa shape index (κ1) is 15.3. The van der Waals surface area contributed by atoms with Gasteiger partial charge in [-0.15, -0.1) is 0 Å². The highest BCUT2D eigenvalue weighted by Gasteiger charge is 2.32. The summed E-state index contributed by atoms with van der Waals surface area (Å²) in [6, 6.07) is 8.49. The molecule has 0 aliphatic carbocycles. The maximum atomic E-state index is 11.0. The molecule has 3 heteroatoms. The average Bonchev–Trinajstić information content (AvgIpc) is 2.63. The van der Waals surface area contributed by atoms with E-state index >= 15 is 0 Å². The van der Waals surface area contributed by atoms with Gasteiger partial charge >= 0.3 is 0 Å². The van der Waals surface area contributed by atoms with E-state index in [4.69, 9.17) is 4.74 Å². The van der Waals surface area contributed by atoms with Crippen LogP contribution in [0.2, 0.25) is 0 Å². The van der Waals surface area contributed by atoms with Crippen LogP contribution in [0, 0.1) is 0 Å². The third-order valence-electron chi connectivity index (χ3n) is 4.28. The zero-order chi connectivity index (χ0) is 14.6. The van der Waals surface area contributed by atoms with Crippen LogP contribution in [-0.4, -0.2) is 35.7 Å². The van der Waals surface area contributed by atoms with Gasteiger partial charge in [-0.3, -0.25) is 0 Å². The van der Waals surface area contributed by atoms with E-state index < -0.39 is 5.60 Å². The summed E-state index contributed by atoms with van der Waals surface area (Å²) in [4.78, 5) is 2.45. The van der Waals surface area contributed by atoms with Crippen LogP contribution in [0.1, 0.15) is 45.6 Å². The fourth-order valence-corrected chi connectivity index (χ4v) is 2.97. The molecule has 20 heavy (non-hydrogen) atoms. The van der Waals surface area contributed by atoms with Gasteiger partial charge in [-0.25, -0.2) is 0 Å². The molecule has 0 bridgehead atoms. The number of nitrogens with zero attached hydrogens (tertiary/aromatic N) is 1. The zero-order valence-corrected chi connectivity index (χ0v) is 12.9. The fraction of sp³-hybridized carbons (Fsp3) is 0.647. The quantitative estimate of drug-likeness (QED) is 0.917. The van der Waals surface area contributed by atoms with Crippen molar-refractivity contribution in [3.05, 3.63) is 29.8 Å². The third kappa shape index (κ3) is 3.53. The molecule has 1 atom stereocenters. The molecular weight excluding hydrogens is 250 g/mol. The van der Waals surface area contributed by atoms with Crippen molar-refractivity contribution in [1.82, 2.24) is 4.90 Å². The summed E-state index contributed by atoms with van der Waals surface area (Å²) in [5.41, 5.74) is 0.334. The highest BCUT2D eigenvalue weighted by atomic mass is 16.5. The monoisotopic (exact) mass is 277 g/mol. The predicted octanol–water partition coefficient (Wildman–Crippen LogP) is 3.17. The summed E-state index contributed by atoms with van der Waals surface area (Å²) in [7, 11) is 0. The molecule has 0 radical (unpaired) electrons. The smallest absolute Gasteiger partial charge is 0.119 e. The van der Waals surface area contributed by atoms with Crippen molar-refractivity contribution in [2.45, 2.75) is 51.7 Å². The number of ether oxygens (including phenoxy) is 1. The molecule has 1 saturated heterocycles. The van der Waals surface area contributed by atoms with Crippen molar-refractivity contribution in [3.8, 4) is 5.75 Å². The number of likely N-dealkylation sites (tertiary alicyclic amines) is 1. The van der Waals surface area contributed by atoms with Gasteiger partial charge in [0.2, 0.25) is 0 Å². The van der Waals surface area contributed by atoms with Gasteiger partial charge in [0.05, 0.1) is 12.2 Å². The Morgan fingerprint density at radius 1 is 1.20 bits per heavy atom. The SMILES string of the molecule is CCOc1ccc(C2(O)CCCN(C(C)C)CC2)cc1. The van der Waals surface area contributed by atoms with E-state index in [0.717, 1.165) is 43.7 Å². The summed E-state index contributed by atoms with van der Waals surface area (Å²) in [5.74, 6) is 0.872. The van der Waals surface area contributed by atoms with E-state index in [0.29, 0.717) is 12.6 Å². The highest BCUT2D eigenvalue weighted by Crippen LogP contribution is 2.34. The van der Waals surface area contributed by atoms with Crippen LogP contribution in [0.5, 0.6) is 5.75 Å². The van der Waals surface area contributed by atoms with Crippen LogP contribution >= 0.6 is 0 Å². The van der Waals surface area contributed by atoms with Crippen LogP contribution in [0.15, 0.2) is 24.3 Å². The zero-order valence-electron chi connectivity index (χ0n) is 12.9. The molecule has 1 fully saturated rings.